The van der Waals surface area contributed by atoms with E-state index in [0.717, 1.165) is 24.2 Å². The molecule has 1 aromatic rings. The number of hydrogen-bond donors (Lipinski definition) is 0. The van der Waals surface area contributed by atoms with Crippen molar-refractivity contribution in [2.45, 2.75) is 38.7 Å². The minimum absolute atomic E-state index is 0.0405. The molecule has 0 radical (unpaired) electrons. The molecule has 0 spiro atoms. The van der Waals surface area contributed by atoms with Crippen LogP contribution in [0.15, 0.2) is 53.4 Å². The molecular formula is C22H23N3O. The van der Waals surface area contributed by atoms with Crippen molar-refractivity contribution in [3.05, 3.63) is 70.4 Å². The van der Waals surface area contributed by atoms with Crippen LogP contribution in [0.3, 0.4) is 0 Å². The van der Waals surface area contributed by atoms with Gasteiger partial charge in [0.1, 0.15) is 5.76 Å². The second-order valence-corrected chi connectivity index (χ2v) is 6.75. The van der Waals surface area contributed by atoms with E-state index in [-0.39, 0.29) is 11.8 Å². The third-order valence-corrected chi connectivity index (χ3v) is 4.74. The van der Waals surface area contributed by atoms with Crippen molar-refractivity contribution >= 4 is 11.8 Å². The zero-order chi connectivity index (χ0) is 18.4. The van der Waals surface area contributed by atoms with E-state index < -0.39 is 0 Å². The van der Waals surface area contributed by atoms with Gasteiger partial charge in [0.2, 0.25) is 0 Å². The molecular weight excluding hydrogens is 322 g/mol. The average Bonchev–Trinajstić information content (AvgIpc) is 2.68. The van der Waals surface area contributed by atoms with Gasteiger partial charge in [0, 0.05) is 25.2 Å². The van der Waals surface area contributed by atoms with Crippen LogP contribution in [0.1, 0.15) is 38.2 Å². The van der Waals surface area contributed by atoms with Gasteiger partial charge in [-0.25, -0.2) is 10.1 Å². The predicted molar refractivity (Wildman–Crippen MR) is 104 cm³/mol. The maximum absolute atomic E-state index is 9.08. The van der Waals surface area contributed by atoms with Crippen molar-refractivity contribution in [2.24, 2.45) is 0 Å². The third kappa shape index (κ3) is 4.35. The Balaban J connectivity index is 1.73. The topological polar surface area (TPSA) is 40.6 Å². The molecule has 4 nitrogen and oxygen atoms in total. The molecule has 4 heteroatoms. The van der Waals surface area contributed by atoms with Gasteiger partial charge in [-0.15, -0.1) is 0 Å². The van der Waals surface area contributed by atoms with E-state index in [1.54, 1.807) is 6.08 Å². The molecule has 2 heterocycles. The number of benzene rings is 1. The maximum Gasteiger partial charge on any atom is 0.265 e. The molecule has 0 amide bonds. The Bertz CT molecular complexity index is 796. The van der Waals surface area contributed by atoms with Crippen LogP contribution in [-0.4, -0.2) is 19.2 Å². The van der Waals surface area contributed by atoms with Gasteiger partial charge in [-0.1, -0.05) is 18.2 Å². The number of nitriles is 1. The van der Waals surface area contributed by atoms with Crippen molar-refractivity contribution in [3.63, 3.8) is 0 Å². The van der Waals surface area contributed by atoms with Crippen molar-refractivity contribution < 1.29 is 4.74 Å². The van der Waals surface area contributed by atoms with Crippen LogP contribution < -0.4 is 4.90 Å². The molecule has 132 valence electrons. The van der Waals surface area contributed by atoms with Crippen LogP contribution in [0.5, 0.6) is 0 Å². The Labute approximate surface area is 155 Å². The summed E-state index contributed by atoms with van der Waals surface area (Å²) in [5.74, 6) is 0.690. The summed E-state index contributed by atoms with van der Waals surface area (Å²) in [5, 5.41) is 9.08. The fraction of sp³-hybridized carbons (Fsp3) is 0.364. The number of nitrogens with zero attached hydrogens (tertiary/aromatic N) is 3. The first-order valence-electron chi connectivity index (χ1n) is 9.12. The molecule has 1 atom stereocenters. The fourth-order valence-corrected chi connectivity index (χ4v) is 3.40. The van der Waals surface area contributed by atoms with Crippen molar-refractivity contribution in [1.29, 1.82) is 5.26 Å². The first-order valence-corrected chi connectivity index (χ1v) is 9.12. The summed E-state index contributed by atoms with van der Waals surface area (Å²) in [6.45, 7) is 11.4. The summed E-state index contributed by atoms with van der Waals surface area (Å²) in [6, 6.07) is 10.5. The Morgan fingerprint density at radius 1 is 1.23 bits per heavy atom. The highest BCUT2D eigenvalue weighted by atomic mass is 16.5. The fourth-order valence-electron chi connectivity index (χ4n) is 3.40. The Hall–Kier alpha value is -2.98. The number of hydrogen-bond acceptors (Lipinski definition) is 3. The van der Waals surface area contributed by atoms with Gasteiger partial charge in [0.15, 0.2) is 0 Å². The summed E-state index contributed by atoms with van der Waals surface area (Å²) in [4.78, 5) is 5.75. The molecule has 1 unspecified atom stereocenters. The number of anilines is 1. The first kappa shape index (κ1) is 17.8. The normalized spacial score (nSPS) is 22.2. The highest BCUT2D eigenvalue weighted by Crippen LogP contribution is 2.26. The van der Waals surface area contributed by atoms with Crippen LogP contribution in [0.25, 0.3) is 10.9 Å². The molecule has 0 aliphatic carbocycles. The van der Waals surface area contributed by atoms with Crippen LogP contribution in [0.2, 0.25) is 0 Å². The molecule has 0 N–H and O–H groups in total. The SMILES string of the molecule is [C-]#[N+]/C(C#N)=C1C=C(/C=C/c2ccc(N3CCCCC3)cc2)OC(C)C\1. The van der Waals surface area contributed by atoms with Gasteiger partial charge in [0.25, 0.3) is 5.70 Å². The lowest BCUT2D eigenvalue weighted by Gasteiger charge is -2.28. The molecule has 0 bridgehead atoms. The van der Waals surface area contributed by atoms with Gasteiger partial charge in [-0.2, -0.15) is 0 Å². The van der Waals surface area contributed by atoms with Gasteiger partial charge in [0.05, 0.1) is 18.7 Å². The van der Waals surface area contributed by atoms with E-state index in [2.05, 4.69) is 34.0 Å². The largest absolute Gasteiger partial charge is 0.490 e. The number of rotatable bonds is 3. The number of ether oxygens (including phenoxy) is 1. The van der Waals surface area contributed by atoms with Crippen molar-refractivity contribution in [3.8, 4) is 6.07 Å². The molecule has 2 aliphatic rings. The minimum Gasteiger partial charge on any atom is -0.490 e. The minimum atomic E-state index is -0.0405. The molecule has 1 aromatic carbocycles. The summed E-state index contributed by atoms with van der Waals surface area (Å²) >= 11 is 0. The quantitative estimate of drug-likeness (QED) is 0.566. The van der Waals surface area contributed by atoms with Crippen LogP contribution in [-0.2, 0) is 4.74 Å². The standard InChI is InChI=1S/C22H23N3O/c1-17-14-19(22(16-23)24-2)15-21(26-17)11-8-18-6-9-20(10-7-18)25-12-4-3-5-13-25/h6-11,15,17H,3-5,12-14H2,1H3/b11-8+,22-19-. The second-order valence-electron chi connectivity index (χ2n) is 6.75. The molecule has 26 heavy (non-hydrogen) atoms. The van der Waals surface area contributed by atoms with Gasteiger partial charge in [-0.05, 0) is 61.6 Å². The van der Waals surface area contributed by atoms with E-state index in [1.165, 1.54) is 24.9 Å². The van der Waals surface area contributed by atoms with Crippen LogP contribution in [0, 0.1) is 17.9 Å². The Morgan fingerprint density at radius 2 is 1.96 bits per heavy atom. The molecule has 3 rings (SSSR count). The van der Waals surface area contributed by atoms with Crippen molar-refractivity contribution in [2.75, 3.05) is 18.0 Å². The maximum atomic E-state index is 9.08. The van der Waals surface area contributed by atoms with Crippen molar-refractivity contribution in [1.82, 2.24) is 0 Å². The van der Waals surface area contributed by atoms with Gasteiger partial charge in [-0.3, -0.25) is 0 Å². The average molecular weight is 345 g/mol. The van der Waals surface area contributed by atoms with E-state index in [9.17, 15) is 0 Å². The van der Waals surface area contributed by atoms with E-state index in [4.69, 9.17) is 16.6 Å². The molecule has 2 aliphatic heterocycles. The smallest absolute Gasteiger partial charge is 0.265 e. The predicted octanol–water partition coefficient (Wildman–Crippen LogP) is 5.08. The zero-order valence-electron chi connectivity index (χ0n) is 15.1. The highest BCUT2D eigenvalue weighted by molar-refractivity contribution is 5.58. The summed E-state index contributed by atoms with van der Waals surface area (Å²) < 4.78 is 5.82. The summed E-state index contributed by atoms with van der Waals surface area (Å²) in [7, 11) is 0. The molecule has 1 fully saturated rings. The number of allylic oxidation sites excluding steroid dienone is 3. The lowest BCUT2D eigenvalue weighted by molar-refractivity contribution is 0.133. The third-order valence-electron chi connectivity index (χ3n) is 4.74. The lowest BCUT2D eigenvalue weighted by Crippen LogP contribution is -2.29. The highest BCUT2D eigenvalue weighted by Gasteiger charge is 2.17. The molecule has 0 saturated carbocycles. The monoisotopic (exact) mass is 345 g/mol. The van der Waals surface area contributed by atoms with Crippen LogP contribution in [0.4, 0.5) is 5.69 Å². The molecule has 0 aromatic heterocycles. The zero-order valence-corrected chi connectivity index (χ0v) is 15.1. The summed E-state index contributed by atoms with van der Waals surface area (Å²) in [5.41, 5.74) is 3.28. The van der Waals surface area contributed by atoms with Gasteiger partial charge >= 0.3 is 0 Å². The Kier molecular flexibility index (Phi) is 5.77. The molecule has 1 saturated heterocycles. The first-order chi connectivity index (χ1) is 12.7. The van der Waals surface area contributed by atoms with Crippen LogP contribution >= 0.6 is 0 Å². The van der Waals surface area contributed by atoms with E-state index in [0.29, 0.717) is 12.2 Å². The summed E-state index contributed by atoms with van der Waals surface area (Å²) in [6.07, 6.45) is 10.1. The number of piperidine rings is 1. The lowest BCUT2D eigenvalue weighted by atomic mass is 10.0. The van der Waals surface area contributed by atoms with E-state index >= 15 is 0 Å². The van der Waals surface area contributed by atoms with Gasteiger partial charge < -0.3 is 9.64 Å². The Morgan fingerprint density at radius 3 is 2.62 bits per heavy atom. The van der Waals surface area contributed by atoms with E-state index in [1.807, 2.05) is 25.1 Å². The second kappa shape index (κ2) is 8.41.